The number of benzene rings is 1. The van der Waals surface area contributed by atoms with Crippen LogP contribution in [0.2, 0.25) is 0 Å². The Bertz CT molecular complexity index is 844. The summed E-state index contributed by atoms with van der Waals surface area (Å²) in [6, 6.07) is 10.5. The van der Waals surface area contributed by atoms with Crippen molar-refractivity contribution in [3.8, 4) is 0 Å². The van der Waals surface area contributed by atoms with Crippen molar-refractivity contribution in [2.24, 2.45) is 5.41 Å². The van der Waals surface area contributed by atoms with Gasteiger partial charge >= 0.3 is 0 Å². The summed E-state index contributed by atoms with van der Waals surface area (Å²) in [4.78, 5) is 18.2. The molecule has 0 unspecified atom stereocenters. The van der Waals surface area contributed by atoms with E-state index in [1.54, 1.807) is 0 Å². The average molecular weight is 393 g/mol. The highest BCUT2D eigenvalue weighted by Gasteiger charge is 2.44. The fourth-order valence-electron chi connectivity index (χ4n) is 4.74. The summed E-state index contributed by atoms with van der Waals surface area (Å²) in [7, 11) is 0. The van der Waals surface area contributed by atoms with Crippen LogP contribution in [0.4, 0.5) is 0 Å². The SMILES string of the molecule is CCn1cc(CN2CCC[C@@]3(CC=CCN(CCc4ccccc4)C3=O)C2)cn1. The van der Waals surface area contributed by atoms with Crippen molar-refractivity contribution in [2.75, 3.05) is 26.2 Å². The summed E-state index contributed by atoms with van der Waals surface area (Å²) >= 11 is 0. The summed E-state index contributed by atoms with van der Waals surface area (Å²) in [5.41, 5.74) is 2.25. The molecule has 1 atom stereocenters. The standard InChI is InChI=1S/C24H32N4O/c1-2-28-19-22(17-25-28)18-26-14-8-13-24(20-26)12-6-7-15-27(23(24)29)16-11-21-9-4-3-5-10-21/h3-7,9-10,17,19H,2,8,11-16,18,20H2,1H3/t24-/m0/s1. The lowest BCUT2D eigenvalue weighted by atomic mass is 9.76. The van der Waals surface area contributed by atoms with E-state index >= 15 is 0 Å². The largest absolute Gasteiger partial charge is 0.338 e. The van der Waals surface area contributed by atoms with Crippen LogP contribution < -0.4 is 0 Å². The van der Waals surface area contributed by atoms with E-state index < -0.39 is 0 Å². The molecule has 2 aliphatic heterocycles. The van der Waals surface area contributed by atoms with Gasteiger partial charge in [-0.05, 0) is 44.7 Å². The number of likely N-dealkylation sites (tertiary alicyclic amines) is 1. The van der Waals surface area contributed by atoms with Gasteiger partial charge in [0.1, 0.15) is 0 Å². The number of aromatic nitrogens is 2. The summed E-state index contributed by atoms with van der Waals surface area (Å²) in [6.45, 7) is 7.30. The highest BCUT2D eigenvalue weighted by atomic mass is 16.2. The molecule has 5 heteroatoms. The summed E-state index contributed by atoms with van der Waals surface area (Å²) < 4.78 is 1.97. The predicted molar refractivity (Wildman–Crippen MR) is 115 cm³/mol. The molecule has 2 aliphatic rings. The molecule has 0 N–H and O–H groups in total. The molecule has 1 aromatic carbocycles. The van der Waals surface area contributed by atoms with E-state index in [2.05, 4.69) is 64.4 Å². The van der Waals surface area contributed by atoms with Crippen LogP contribution in [-0.2, 0) is 24.3 Å². The molecule has 3 heterocycles. The lowest BCUT2D eigenvalue weighted by Crippen LogP contribution is -2.52. The minimum absolute atomic E-state index is 0.275. The monoisotopic (exact) mass is 392 g/mol. The summed E-state index contributed by atoms with van der Waals surface area (Å²) in [5.74, 6) is 0.340. The van der Waals surface area contributed by atoms with Gasteiger partial charge in [-0.25, -0.2) is 0 Å². The van der Waals surface area contributed by atoms with Crippen LogP contribution in [0.3, 0.4) is 0 Å². The van der Waals surface area contributed by atoms with Crippen molar-refractivity contribution >= 4 is 5.91 Å². The van der Waals surface area contributed by atoms with Crippen molar-refractivity contribution in [3.63, 3.8) is 0 Å². The van der Waals surface area contributed by atoms with Crippen molar-refractivity contribution in [3.05, 3.63) is 66.0 Å². The van der Waals surface area contributed by atoms with Gasteiger partial charge in [-0.15, -0.1) is 0 Å². The predicted octanol–water partition coefficient (Wildman–Crippen LogP) is 3.52. The Morgan fingerprint density at radius 3 is 2.79 bits per heavy atom. The third-order valence-corrected chi connectivity index (χ3v) is 6.33. The van der Waals surface area contributed by atoms with E-state index in [1.807, 2.05) is 16.9 Å². The van der Waals surface area contributed by atoms with Gasteiger partial charge < -0.3 is 4.90 Å². The lowest BCUT2D eigenvalue weighted by molar-refractivity contribution is -0.144. The van der Waals surface area contributed by atoms with Gasteiger partial charge in [0, 0.05) is 44.5 Å². The molecule has 154 valence electrons. The van der Waals surface area contributed by atoms with Crippen LogP contribution in [0, 0.1) is 5.41 Å². The van der Waals surface area contributed by atoms with Crippen LogP contribution in [0.15, 0.2) is 54.9 Å². The molecule has 4 rings (SSSR count). The van der Waals surface area contributed by atoms with Crippen LogP contribution in [-0.4, -0.2) is 51.7 Å². The molecule has 1 spiro atoms. The molecule has 1 saturated heterocycles. The molecular formula is C24H32N4O. The van der Waals surface area contributed by atoms with Crippen LogP contribution in [0.25, 0.3) is 0 Å². The molecular weight excluding hydrogens is 360 g/mol. The molecule has 29 heavy (non-hydrogen) atoms. The van der Waals surface area contributed by atoms with Gasteiger partial charge in [-0.3, -0.25) is 14.4 Å². The van der Waals surface area contributed by atoms with Gasteiger partial charge in [0.15, 0.2) is 0 Å². The fraction of sp³-hybridized carbons (Fsp3) is 0.500. The van der Waals surface area contributed by atoms with E-state index in [0.29, 0.717) is 5.91 Å². The van der Waals surface area contributed by atoms with E-state index in [1.165, 1.54) is 11.1 Å². The number of hydrogen-bond donors (Lipinski definition) is 0. The number of carbonyl (C=O) groups excluding carboxylic acids is 1. The molecule has 0 bridgehead atoms. The number of nitrogens with zero attached hydrogens (tertiary/aromatic N) is 4. The number of piperidine rings is 1. The smallest absolute Gasteiger partial charge is 0.230 e. The fourth-order valence-corrected chi connectivity index (χ4v) is 4.74. The molecule has 1 fully saturated rings. The number of hydrogen-bond acceptors (Lipinski definition) is 3. The normalized spacial score (nSPS) is 22.9. The lowest BCUT2D eigenvalue weighted by Gasteiger charge is -2.43. The Balaban J connectivity index is 1.44. The van der Waals surface area contributed by atoms with E-state index in [4.69, 9.17) is 0 Å². The van der Waals surface area contributed by atoms with Crippen molar-refractivity contribution in [1.82, 2.24) is 19.6 Å². The first-order valence-corrected chi connectivity index (χ1v) is 10.9. The molecule has 1 aromatic heterocycles. The highest BCUT2D eigenvalue weighted by molar-refractivity contribution is 5.84. The Morgan fingerprint density at radius 1 is 1.14 bits per heavy atom. The Kier molecular flexibility index (Phi) is 6.14. The molecule has 0 saturated carbocycles. The zero-order valence-electron chi connectivity index (χ0n) is 17.5. The number of aryl methyl sites for hydroxylation is 1. The van der Waals surface area contributed by atoms with Crippen molar-refractivity contribution in [1.29, 1.82) is 0 Å². The summed E-state index contributed by atoms with van der Waals surface area (Å²) in [6.07, 6.45) is 12.3. The zero-order chi connectivity index (χ0) is 20.1. The minimum atomic E-state index is -0.275. The number of allylic oxidation sites excluding steroid dienone is 1. The van der Waals surface area contributed by atoms with Crippen molar-refractivity contribution < 1.29 is 4.79 Å². The highest BCUT2D eigenvalue weighted by Crippen LogP contribution is 2.38. The molecule has 0 radical (unpaired) electrons. The van der Waals surface area contributed by atoms with Crippen LogP contribution in [0.1, 0.15) is 37.3 Å². The van der Waals surface area contributed by atoms with E-state index in [0.717, 1.165) is 65.0 Å². The molecule has 0 aliphatic carbocycles. The second-order valence-corrected chi connectivity index (χ2v) is 8.46. The maximum absolute atomic E-state index is 13.6. The number of carbonyl (C=O) groups is 1. The second kappa shape index (κ2) is 8.95. The van der Waals surface area contributed by atoms with Gasteiger partial charge in [0.05, 0.1) is 11.6 Å². The van der Waals surface area contributed by atoms with Gasteiger partial charge in [0.25, 0.3) is 0 Å². The zero-order valence-corrected chi connectivity index (χ0v) is 17.5. The van der Waals surface area contributed by atoms with Gasteiger partial charge in [0.2, 0.25) is 5.91 Å². The average Bonchev–Trinajstić information content (AvgIpc) is 3.15. The maximum atomic E-state index is 13.6. The second-order valence-electron chi connectivity index (χ2n) is 8.46. The van der Waals surface area contributed by atoms with E-state index in [9.17, 15) is 4.79 Å². The first-order valence-electron chi connectivity index (χ1n) is 10.9. The topological polar surface area (TPSA) is 41.4 Å². The van der Waals surface area contributed by atoms with Crippen LogP contribution >= 0.6 is 0 Å². The molecule has 2 aromatic rings. The first kappa shape index (κ1) is 19.9. The molecule has 1 amide bonds. The van der Waals surface area contributed by atoms with Crippen LogP contribution in [0.5, 0.6) is 0 Å². The Morgan fingerprint density at radius 2 is 2.00 bits per heavy atom. The van der Waals surface area contributed by atoms with E-state index in [-0.39, 0.29) is 5.41 Å². The minimum Gasteiger partial charge on any atom is -0.338 e. The number of rotatable bonds is 6. The summed E-state index contributed by atoms with van der Waals surface area (Å²) in [5, 5.41) is 4.40. The Hall–Kier alpha value is -2.40. The van der Waals surface area contributed by atoms with Gasteiger partial charge in [-0.1, -0.05) is 42.5 Å². The third kappa shape index (κ3) is 4.61. The van der Waals surface area contributed by atoms with Crippen molar-refractivity contribution in [2.45, 2.75) is 45.7 Å². The maximum Gasteiger partial charge on any atom is 0.230 e. The Labute approximate surface area is 174 Å². The first-order chi connectivity index (χ1) is 14.2. The third-order valence-electron chi connectivity index (χ3n) is 6.33. The molecule has 5 nitrogen and oxygen atoms in total. The van der Waals surface area contributed by atoms with Gasteiger partial charge in [-0.2, -0.15) is 5.10 Å². The number of amides is 1. The quantitative estimate of drug-likeness (QED) is 0.707.